The first-order chi connectivity index (χ1) is 6.26. The maximum atomic E-state index is 11.3. The number of carbonyl (C=O) groups is 2. The molecule has 0 aromatic carbocycles. The SMILES string of the molecule is CCN(CC(C)(C)O)C(=O)CC(=O)O. The van der Waals surface area contributed by atoms with E-state index in [0.29, 0.717) is 6.54 Å². The summed E-state index contributed by atoms with van der Waals surface area (Å²) in [5.74, 6) is -1.62. The van der Waals surface area contributed by atoms with E-state index in [1.165, 1.54) is 4.90 Å². The molecule has 5 heteroatoms. The molecule has 0 fully saturated rings. The van der Waals surface area contributed by atoms with Crippen LogP contribution >= 0.6 is 0 Å². The van der Waals surface area contributed by atoms with Crippen LogP contribution in [0.5, 0.6) is 0 Å². The molecule has 5 nitrogen and oxygen atoms in total. The zero-order valence-corrected chi connectivity index (χ0v) is 8.78. The average molecular weight is 203 g/mol. The van der Waals surface area contributed by atoms with Crippen LogP contribution in [-0.2, 0) is 9.59 Å². The largest absolute Gasteiger partial charge is 0.481 e. The summed E-state index contributed by atoms with van der Waals surface area (Å²) in [7, 11) is 0. The van der Waals surface area contributed by atoms with Crippen LogP contribution in [0.3, 0.4) is 0 Å². The predicted octanol–water partition coefficient (Wildman–Crippen LogP) is 0.0805. The Morgan fingerprint density at radius 1 is 1.36 bits per heavy atom. The Morgan fingerprint density at radius 3 is 2.14 bits per heavy atom. The second-order valence-corrected chi connectivity index (χ2v) is 3.79. The number of carboxylic acid groups (broad SMARTS) is 1. The monoisotopic (exact) mass is 203 g/mol. The van der Waals surface area contributed by atoms with Gasteiger partial charge >= 0.3 is 5.97 Å². The van der Waals surface area contributed by atoms with Gasteiger partial charge in [-0.3, -0.25) is 9.59 Å². The van der Waals surface area contributed by atoms with Crippen LogP contribution in [0.15, 0.2) is 0 Å². The summed E-state index contributed by atoms with van der Waals surface area (Å²) in [5.41, 5.74) is -0.996. The van der Waals surface area contributed by atoms with E-state index in [1.807, 2.05) is 0 Å². The Morgan fingerprint density at radius 2 is 1.86 bits per heavy atom. The van der Waals surface area contributed by atoms with Crippen molar-refractivity contribution in [3.63, 3.8) is 0 Å². The zero-order chi connectivity index (χ0) is 11.4. The number of hydrogen-bond donors (Lipinski definition) is 2. The average Bonchev–Trinajstić information content (AvgIpc) is 1.96. The molecule has 0 radical (unpaired) electrons. The summed E-state index contributed by atoms with van der Waals surface area (Å²) >= 11 is 0. The van der Waals surface area contributed by atoms with Crippen molar-refractivity contribution in [3.05, 3.63) is 0 Å². The molecule has 0 aliphatic carbocycles. The maximum Gasteiger partial charge on any atom is 0.312 e. The molecule has 1 amide bonds. The molecular formula is C9H17NO4. The van der Waals surface area contributed by atoms with Gasteiger partial charge in [-0.2, -0.15) is 0 Å². The number of aliphatic hydroxyl groups is 1. The van der Waals surface area contributed by atoms with Gasteiger partial charge in [0.15, 0.2) is 0 Å². The highest BCUT2D eigenvalue weighted by Crippen LogP contribution is 2.06. The summed E-state index contributed by atoms with van der Waals surface area (Å²) in [6.45, 7) is 5.44. The Hall–Kier alpha value is -1.10. The fourth-order valence-corrected chi connectivity index (χ4v) is 1.08. The van der Waals surface area contributed by atoms with Crippen molar-refractivity contribution in [2.75, 3.05) is 13.1 Å². The Kier molecular flexibility index (Phi) is 4.56. The van der Waals surface area contributed by atoms with Gasteiger partial charge in [0.05, 0.1) is 5.60 Å². The lowest BCUT2D eigenvalue weighted by molar-refractivity contribution is -0.145. The van der Waals surface area contributed by atoms with Crippen LogP contribution in [0.4, 0.5) is 0 Å². The van der Waals surface area contributed by atoms with Gasteiger partial charge in [-0.1, -0.05) is 0 Å². The van der Waals surface area contributed by atoms with E-state index < -0.39 is 23.9 Å². The molecule has 0 rings (SSSR count). The number of nitrogens with zero attached hydrogens (tertiary/aromatic N) is 1. The van der Waals surface area contributed by atoms with Gasteiger partial charge in [-0.15, -0.1) is 0 Å². The van der Waals surface area contributed by atoms with E-state index in [4.69, 9.17) is 5.11 Å². The number of amides is 1. The molecule has 0 saturated carbocycles. The summed E-state index contributed by atoms with van der Waals surface area (Å²) in [6.07, 6.45) is -0.524. The second-order valence-electron chi connectivity index (χ2n) is 3.79. The van der Waals surface area contributed by atoms with E-state index in [2.05, 4.69) is 0 Å². The van der Waals surface area contributed by atoms with Crippen LogP contribution in [0.1, 0.15) is 27.2 Å². The number of likely N-dealkylation sites (N-methyl/N-ethyl adjacent to an activating group) is 1. The number of carbonyl (C=O) groups excluding carboxylic acids is 1. The van der Waals surface area contributed by atoms with Gasteiger partial charge in [0.2, 0.25) is 5.91 Å². The fourth-order valence-electron chi connectivity index (χ4n) is 1.08. The molecule has 0 aliphatic rings. The zero-order valence-electron chi connectivity index (χ0n) is 8.78. The van der Waals surface area contributed by atoms with Crippen LogP contribution in [0, 0.1) is 0 Å². The number of rotatable bonds is 5. The molecular weight excluding hydrogens is 186 g/mol. The Bertz CT molecular complexity index is 219. The summed E-state index contributed by atoms with van der Waals surface area (Å²) in [4.78, 5) is 22.9. The number of aliphatic carboxylic acids is 1. The van der Waals surface area contributed by atoms with E-state index >= 15 is 0 Å². The second kappa shape index (κ2) is 4.95. The lowest BCUT2D eigenvalue weighted by atomic mass is 10.1. The van der Waals surface area contributed by atoms with E-state index in [1.54, 1.807) is 20.8 Å². The topological polar surface area (TPSA) is 77.8 Å². The molecule has 0 aromatic heterocycles. The summed E-state index contributed by atoms with van der Waals surface area (Å²) in [6, 6.07) is 0. The lowest BCUT2D eigenvalue weighted by Crippen LogP contribution is -2.42. The molecule has 2 N–H and O–H groups in total. The van der Waals surface area contributed by atoms with Crippen molar-refractivity contribution >= 4 is 11.9 Å². The van der Waals surface area contributed by atoms with Crippen LogP contribution in [0.25, 0.3) is 0 Å². The standard InChI is InChI=1S/C9H17NO4/c1-4-10(6-9(2,3)14)7(11)5-8(12)13/h14H,4-6H2,1-3H3,(H,12,13). The fraction of sp³-hybridized carbons (Fsp3) is 0.778. The third kappa shape index (κ3) is 5.53. The van der Waals surface area contributed by atoms with Crippen LogP contribution in [0.2, 0.25) is 0 Å². The number of carboxylic acids is 1. The van der Waals surface area contributed by atoms with Crippen molar-refractivity contribution in [1.29, 1.82) is 0 Å². The third-order valence-electron chi connectivity index (χ3n) is 1.61. The highest BCUT2D eigenvalue weighted by atomic mass is 16.4. The first kappa shape index (κ1) is 12.9. The smallest absolute Gasteiger partial charge is 0.312 e. The highest BCUT2D eigenvalue weighted by molar-refractivity contribution is 5.93. The van der Waals surface area contributed by atoms with Crippen molar-refractivity contribution in [2.24, 2.45) is 0 Å². The predicted molar refractivity (Wildman–Crippen MR) is 50.8 cm³/mol. The first-order valence-corrected chi connectivity index (χ1v) is 4.48. The first-order valence-electron chi connectivity index (χ1n) is 4.48. The van der Waals surface area contributed by atoms with Crippen molar-refractivity contribution in [3.8, 4) is 0 Å². The van der Waals surface area contributed by atoms with E-state index in [9.17, 15) is 14.7 Å². The molecule has 0 aliphatic heterocycles. The third-order valence-corrected chi connectivity index (χ3v) is 1.61. The molecule has 0 unspecified atom stereocenters. The Labute approximate surface area is 83.3 Å². The van der Waals surface area contributed by atoms with Gasteiger partial charge in [-0.05, 0) is 20.8 Å². The van der Waals surface area contributed by atoms with Gasteiger partial charge in [0, 0.05) is 13.1 Å². The van der Waals surface area contributed by atoms with Crippen molar-refractivity contribution < 1.29 is 19.8 Å². The summed E-state index contributed by atoms with van der Waals surface area (Å²) in [5, 5.41) is 17.9. The van der Waals surface area contributed by atoms with E-state index in [-0.39, 0.29) is 6.54 Å². The van der Waals surface area contributed by atoms with Gasteiger partial charge in [-0.25, -0.2) is 0 Å². The van der Waals surface area contributed by atoms with E-state index in [0.717, 1.165) is 0 Å². The minimum absolute atomic E-state index is 0.148. The molecule has 14 heavy (non-hydrogen) atoms. The minimum Gasteiger partial charge on any atom is -0.481 e. The summed E-state index contributed by atoms with van der Waals surface area (Å²) < 4.78 is 0. The maximum absolute atomic E-state index is 11.3. The molecule has 0 bridgehead atoms. The van der Waals surface area contributed by atoms with Crippen LogP contribution < -0.4 is 0 Å². The van der Waals surface area contributed by atoms with Gasteiger partial charge in [0.1, 0.15) is 6.42 Å². The molecule has 0 saturated heterocycles. The molecule has 82 valence electrons. The van der Waals surface area contributed by atoms with Gasteiger partial charge in [0.25, 0.3) is 0 Å². The lowest BCUT2D eigenvalue weighted by Gasteiger charge is -2.27. The number of hydrogen-bond acceptors (Lipinski definition) is 3. The molecule has 0 aromatic rings. The molecule has 0 atom stereocenters. The minimum atomic E-state index is -1.15. The van der Waals surface area contributed by atoms with Crippen molar-refractivity contribution in [1.82, 2.24) is 4.90 Å². The molecule has 0 spiro atoms. The normalized spacial score (nSPS) is 11.1. The van der Waals surface area contributed by atoms with Crippen LogP contribution in [-0.4, -0.2) is 45.7 Å². The molecule has 0 heterocycles. The Balaban J connectivity index is 4.27. The van der Waals surface area contributed by atoms with Crippen molar-refractivity contribution in [2.45, 2.75) is 32.8 Å². The quantitative estimate of drug-likeness (QED) is 0.620. The van der Waals surface area contributed by atoms with Gasteiger partial charge < -0.3 is 15.1 Å². The highest BCUT2D eigenvalue weighted by Gasteiger charge is 2.22.